The lowest BCUT2D eigenvalue weighted by Gasteiger charge is -2.33. The first-order chi connectivity index (χ1) is 19.1. The third-order valence-electron chi connectivity index (χ3n) is 8.19. The molecule has 0 bridgehead atoms. The molecule has 0 aromatic rings. The van der Waals surface area contributed by atoms with Crippen molar-refractivity contribution in [2.24, 2.45) is 41.2 Å². The lowest BCUT2D eigenvalue weighted by Crippen LogP contribution is -2.42. The minimum absolute atomic E-state index is 0.0362. The number of nitrogens with two attached hydrogens (primary N) is 1. The average Bonchev–Trinajstić information content (AvgIpc) is 2.89. The number of carbonyl (C=O) groups excluding carboxylic acids is 2. The van der Waals surface area contributed by atoms with Gasteiger partial charge in [0.05, 0.1) is 30.8 Å². The van der Waals surface area contributed by atoms with Gasteiger partial charge in [-0.05, 0) is 19.3 Å². The van der Waals surface area contributed by atoms with Crippen molar-refractivity contribution in [2.45, 2.75) is 104 Å². The zero-order valence-electron chi connectivity index (χ0n) is 25.7. The van der Waals surface area contributed by atoms with Crippen LogP contribution in [0.3, 0.4) is 0 Å². The van der Waals surface area contributed by atoms with Gasteiger partial charge in [0.15, 0.2) is 0 Å². The van der Waals surface area contributed by atoms with E-state index in [4.69, 9.17) is 15.2 Å². The van der Waals surface area contributed by atoms with E-state index in [2.05, 4.69) is 6.58 Å². The summed E-state index contributed by atoms with van der Waals surface area (Å²) in [6.07, 6.45) is 6.07. The predicted octanol–water partition coefficient (Wildman–Crippen LogP) is 4.05. The van der Waals surface area contributed by atoms with Gasteiger partial charge in [-0.15, -0.1) is 0 Å². The molecule has 41 heavy (non-hydrogen) atoms. The van der Waals surface area contributed by atoms with Crippen LogP contribution in [0.5, 0.6) is 0 Å². The van der Waals surface area contributed by atoms with E-state index >= 15 is 0 Å². The molecule has 1 aliphatic heterocycles. The van der Waals surface area contributed by atoms with Gasteiger partial charge in [-0.1, -0.05) is 90.2 Å². The summed E-state index contributed by atoms with van der Waals surface area (Å²) in [5.74, 6) is -1.90. The number of ether oxygens (including phenoxy) is 2. The Balaban J connectivity index is 2.75. The Morgan fingerprint density at radius 3 is 2.29 bits per heavy atom. The fourth-order valence-corrected chi connectivity index (χ4v) is 5.55. The molecule has 9 heteroatoms. The second kappa shape index (κ2) is 17.5. The molecule has 1 aliphatic rings. The van der Waals surface area contributed by atoms with Crippen LogP contribution in [0.25, 0.3) is 0 Å². The molecule has 0 aliphatic carbocycles. The van der Waals surface area contributed by atoms with Crippen molar-refractivity contribution in [3.05, 3.63) is 48.6 Å². The summed E-state index contributed by atoms with van der Waals surface area (Å²) in [5.41, 5.74) is 6.30. The number of carbonyl (C=O) groups is 2. The third-order valence-corrected chi connectivity index (χ3v) is 8.19. The summed E-state index contributed by atoms with van der Waals surface area (Å²) in [6, 6.07) is 0. The first kappa shape index (κ1) is 36.6. The van der Waals surface area contributed by atoms with E-state index in [0.717, 1.165) is 5.57 Å². The molecular formula is C32H53NO8. The highest BCUT2D eigenvalue weighted by Crippen LogP contribution is 2.29. The first-order valence-electron chi connectivity index (χ1n) is 14.6. The van der Waals surface area contributed by atoms with Crippen molar-refractivity contribution in [1.29, 1.82) is 0 Å². The second-order valence-corrected chi connectivity index (χ2v) is 12.0. The monoisotopic (exact) mass is 579 g/mol. The Bertz CT molecular complexity index is 931. The highest BCUT2D eigenvalue weighted by Gasteiger charge is 2.36. The second-order valence-electron chi connectivity index (χ2n) is 12.0. The Morgan fingerprint density at radius 1 is 1.07 bits per heavy atom. The van der Waals surface area contributed by atoms with Crippen LogP contribution in [0.1, 0.15) is 67.7 Å². The van der Waals surface area contributed by atoms with Crippen LogP contribution < -0.4 is 5.73 Å². The van der Waals surface area contributed by atoms with Crippen molar-refractivity contribution in [3.63, 3.8) is 0 Å². The number of cyclic esters (lactones) is 1. The van der Waals surface area contributed by atoms with Gasteiger partial charge in [0, 0.05) is 36.0 Å². The Hall–Kier alpha value is -2.46. The highest BCUT2D eigenvalue weighted by atomic mass is 16.6. The highest BCUT2D eigenvalue weighted by molar-refractivity contribution is 5.71. The summed E-state index contributed by atoms with van der Waals surface area (Å²) in [7, 11) is 0. The fourth-order valence-electron chi connectivity index (χ4n) is 5.55. The SMILES string of the molecule is C=C/C=C\[C@H](C)[C@H](OC(N)=O)[C@@H](C)[C@H](O)[C@@H](C)C/C(C)=C\[C@H](C)[C@@H](O)[C@@H](C)/C=C\[C@@H](O)C[C@@H]1OC(=O)C[C@@H](O)[C@H]1C. The van der Waals surface area contributed by atoms with Crippen LogP contribution in [-0.2, 0) is 14.3 Å². The zero-order chi connectivity index (χ0) is 31.4. The van der Waals surface area contributed by atoms with Gasteiger partial charge in [0.2, 0.25) is 0 Å². The molecule has 1 heterocycles. The standard InChI is InChI=1S/C32H53NO8/c1-9-10-11-20(4)31(41-32(33)39)24(8)30(38)22(6)15-18(2)14-21(5)29(37)19(3)12-13-25(34)16-27-23(7)26(35)17-28(36)40-27/h9-14,19-27,29-31,34-35,37-38H,1,15-17H2,2-8H3,(H2,33,39)/b11-10-,13-12-,18-14-/t19-,20-,21-,22-,23+,24-,25+,26+,27-,29-,30+,31-/m0/s1. The Labute approximate surface area is 245 Å². The molecule has 0 radical (unpaired) electrons. The molecule has 0 saturated carbocycles. The van der Waals surface area contributed by atoms with E-state index in [0.29, 0.717) is 6.42 Å². The maximum absolute atomic E-state index is 11.6. The average molecular weight is 580 g/mol. The van der Waals surface area contributed by atoms with E-state index in [1.54, 1.807) is 31.2 Å². The van der Waals surface area contributed by atoms with Gasteiger partial charge in [0.1, 0.15) is 12.2 Å². The number of aliphatic hydroxyl groups is 4. The molecule has 0 aromatic heterocycles. The zero-order valence-corrected chi connectivity index (χ0v) is 25.7. The number of hydrogen-bond acceptors (Lipinski definition) is 8. The minimum Gasteiger partial charge on any atom is -0.462 e. The van der Waals surface area contributed by atoms with Gasteiger partial charge in [-0.3, -0.25) is 4.79 Å². The maximum Gasteiger partial charge on any atom is 0.404 e. The predicted molar refractivity (Wildman–Crippen MR) is 159 cm³/mol. The smallest absolute Gasteiger partial charge is 0.404 e. The van der Waals surface area contributed by atoms with Gasteiger partial charge in [0.25, 0.3) is 0 Å². The summed E-state index contributed by atoms with van der Waals surface area (Å²) < 4.78 is 10.6. The van der Waals surface area contributed by atoms with Crippen molar-refractivity contribution < 1.29 is 39.5 Å². The minimum atomic E-state index is -0.888. The lowest BCUT2D eigenvalue weighted by atomic mass is 9.81. The Kier molecular flexibility index (Phi) is 15.6. The molecular weight excluding hydrogens is 526 g/mol. The summed E-state index contributed by atoms with van der Waals surface area (Å²) in [6.45, 7) is 16.8. The lowest BCUT2D eigenvalue weighted by molar-refractivity contribution is -0.169. The van der Waals surface area contributed by atoms with Crippen LogP contribution in [0.15, 0.2) is 48.6 Å². The molecule has 1 rings (SSSR count). The van der Waals surface area contributed by atoms with Gasteiger partial charge in [-0.25, -0.2) is 4.79 Å². The molecule has 0 spiro atoms. The quantitative estimate of drug-likeness (QED) is 0.104. The van der Waals surface area contributed by atoms with Crippen LogP contribution in [0.4, 0.5) is 4.79 Å². The van der Waals surface area contributed by atoms with E-state index in [9.17, 15) is 30.0 Å². The fraction of sp³-hybridized carbons (Fsp3) is 0.688. The normalized spacial score (nSPS) is 26.9. The molecule has 0 unspecified atom stereocenters. The number of aliphatic hydroxyl groups excluding tert-OH is 4. The van der Waals surface area contributed by atoms with Crippen LogP contribution in [-0.4, -0.2) is 69.1 Å². The van der Waals surface area contributed by atoms with Gasteiger partial charge < -0.3 is 35.6 Å². The molecule has 1 saturated heterocycles. The number of primary amides is 1. The van der Waals surface area contributed by atoms with Crippen LogP contribution in [0.2, 0.25) is 0 Å². The third kappa shape index (κ3) is 12.1. The molecule has 1 fully saturated rings. The molecule has 0 aromatic carbocycles. The van der Waals surface area contributed by atoms with Crippen molar-refractivity contribution in [2.75, 3.05) is 0 Å². The Morgan fingerprint density at radius 2 is 1.71 bits per heavy atom. The van der Waals surface area contributed by atoms with E-state index < -0.39 is 48.7 Å². The number of allylic oxidation sites excluding steroid dienone is 3. The van der Waals surface area contributed by atoms with Crippen molar-refractivity contribution >= 4 is 12.1 Å². The van der Waals surface area contributed by atoms with Crippen LogP contribution in [0, 0.1) is 35.5 Å². The molecule has 1 amide bonds. The van der Waals surface area contributed by atoms with Crippen molar-refractivity contribution in [3.8, 4) is 0 Å². The van der Waals surface area contributed by atoms with E-state index in [1.807, 2.05) is 53.7 Å². The number of rotatable bonds is 16. The molecule has 9 nitrogen and oxygen atoms in total. The number of amides is 1. The van der Waals surface area contributed by atoms with Crippen LogP contribution >= 0.6 is 0 Å². The first-order valence-corrected chi connectivity index (χ1v) is 14.6. The topological polar surface area (TPSA) is 160 Å². The maximum atomic E-state index is 11.6. The largest absolute Gasteiger partial charge is 0.462 e. The summed E-state index contributed by atoms with van der Waals surface area (Å²) >= 11 is 0. The number of hydrogen-bond donors (Lipinski definition) is 5. The molecule has 6 N–H and O–H groups in total. The van der Waals surface area contributed by atoms with E-state index in [-0.39, 0.29) is 48.3 Å². The molecule has 12 atom stereocenters. The van der Waals surface area contributed by atoms with Gasteiger partial charge in [-0.2, -0.15) is 0 Å². The summed E-state index contributed by atoms with van der Waals surface area (Å²) in [5, 5.41) is 42.4. The van der Waals surface area contributed by atoms with E-state index in [1.165, 1.54) is 0 Å². The summed E-state index contributed by atoms with van der Waals surface area (Å²) in [4.78, 5) is 23.1. The van der Waals surface area contributed by atoms with Crippen molar-refractivity contribution in [1.82, 2.24) is 0 Å². The number of esters is 1. The van der Waals surface area contributed by atoms with Gasteiger partial charge >= 0.3 is 12.1 Å². The molecule has 234 valence electrons.